The molecule has 1 saturated carbocycles. The monoisotopic (exact) mass is 276 g/mol. The standard InChI is InChI=1S/C16H20O4/c1-20-14-7-3-5-12(10-14)15(17)9-11-4-2-6-13(8-11)16(18)19/h3,5,7,10-11,13H,2,4,6,8-9H2,1H3,(H,18,19). The number of benzene rings is 1. The molecule has 4 nitrogen and oxygen atoms in total. The Labute approximate surface area is 118 Å². The van der Waals surface area contributed by atoms with E-state index in [1.165, 1.54) is 0 Å². The summed E-state index contributed by atoms with van der Waals surface area (Å²) in [6.07, 6.45) is 3.62. The number of Topliss-reactive ketones (excluding diaryl/α,β-unsaturated/α-hetero) is 1. The van der Waals surface area contributed by atoms with E-state index in [2.05, 4.69) is 0 Å². The van der Waals surface area contributed by atoms with Crippen LogP contribution in [0.3, 0.4) is 0 Å². The summed E-state index contributed by atoms with van der Waals surface area (Å²) in [5.41, 5.74) is 0.641. The van der Waals surface area contributed by atoms with Crippen molar-refractivity contribution in [3.63, 3.8) is 0 Å². The molecule has 20 heavy (non-hydrogen) atoms. The van der Waals surface area contributed by atoms with E-state index in [0.29, 0.717) is 24.2 Å². The first-order chi connectivity index (χ1) is 9.60. The minimum Gasteiger partial charge on any atom is -0.497 e. The molecule has 0 aromatic heterocycles. The fraction of sp³-hybridized carbons (Fsp3) is 0.500. The van der Waals surface area contributed by atoms with Crippen LogP contribution in [0.25, 0.3) is 0 Å². The van der Waals surface area contributed by atoms with E-state index in [1.807, 2.05) is 0 Å². The van der Waals surface area contributed by atoms with Crippen LogP contribution in [0.15, 0.2) is 24.3 Å². The molecule has 0 radical (unpaired) electrons. The summed E-state index contributed by atoms with van der Waals surface area (Å²) in [6, 6.07) is 7.12. The predicted octanol–water partition coefficient (Wildman–Crippen LogP) is 3.16. The topological polar surface area (TPSA) is 63.6 Å². The number of ether oxygens (including phenoxy) is 1. The van der Waals surface area contributed by atoms with Crippen molar-refractivity contribution in [3.05, 3.63) is 29.8 Å². The van der Waals surface area contributed by atoms with Crippen LogP contribution in [-0.2, 0) is 4.79 Å². The minimum absolute atomic E-state index is 0.0694. The molecular weight excluding hydrogens is 256 g/mol. The first kappa shape index (κ1) is 14.6. The molecule has 0 amide bonds. The Bertz CT molecular complexity index is 495. The van der Waals surface area contributed by atoms with E-state index in [0.717, 1.165) is 19.3 Å². The second-order valence-corrected chi connectivity index (χ2v) is 5.43. The molecule has 2 atom stereocenters. The van der Waals surface area contributed by atoms with Gasteiger partial charge in [-0.05, 0) is 37.3 Å². The molecule has 1 fully saturated rings. The number of carboxylic acid groups (broad SMARTS) is 1. The Hall–Kier alpha value is -1.84. The largest absolute Gasteiger partial charge is 0.497 e. The average Bonchev–Trinajstić information content (AvgIpc) is 2.47. The number of aliphatic carboxylic acids is 1. The number of hydrogen-bond donors (Lipinski definition) is 1. The fourth-order valence-corrected chi connectivity index (χ4v) is 2.88. The third-order valence-electron chi connectivity index (χ3n) is 4.00. The maximum Gasteiger partial charge on any atom is 0.306 e. The Morgan fingerprint density at radius 1 is 1.35 bits per heavy atom. The van der Waals surface area contributed by atoms with Crippen molar-refractivity contribution >= 4 is 11.8 Å². The van der Waals surface area contributed by atoms with Gasteiger partial charge in [-0.1, -0.05) is 18.6 Å². The van der Waals surface area contributed by atoms with Crippen LogP contribution in [0.4, 0.5) is 0 Å². The Morgan fingerprint density at radius 3 is 2.85 bits per heavy atom. The van der Waals surface area contributed by atoms with Crippen LogP contribution in [0.2, 0.25) is 0 Å². The Balaban J connectivity index is 1.98. The van der Waals surface area contributed by atoms with Crippen molar-refractivity contribution in [2.45, 2.75) is 32.1 Å². The molecule has 1 N–H and O–H groups in total. The van der Waals surface area contributed by atoms with Crippen molar-refractivity contribution in [1.82, 2.24) is 0 Å². The van der Waals surface area contributed by atoms with Gasteiger partial charge in [0, 0.05) is 12.0 Å². The lowest BCUT2D eigenvalue weighted by molar-refractivity contribution is -0.143. The van der Waals surface area contributed by atoms with E-state index >= 15 is 0 Å². The highest BCUT2D eigenvalue weighted by Gasteiger charge is 2.28. The number of methoxy groups -OCH3 is 1. The van der Waals surface area contributed by atoms with Gasteiger partial charge in [-0.15, -0.1) is 0 Å². The highest BCUT2D eigenvalue weighted by atomic mass is 16.5. The normalized spacial score (nSPS) is 22.2. The molecular formula is C16H20O4. The van der Waals surface area contributed by atoms with Crippen LogP contribution >= 0.6 is 0 Å². The van der Waals surface area contributed by atoms with E-state index < -0.39 is 5.97 Å². The molecule has 1 aromatic carbocycles. The molecule has 1 aromatic rings. The summed E-state index contributed by atoms with van der Waals surface area (Å²) in [5, 5.41) is 9.07. The number of ketones is 1. The second-order valence-electron chi connectivity index (χ2n) is 5.43. The molecule has 2 unspecified atom stereocenters. The van der Waals surface area contributed by atoms with E-state index in [4.69, 9.17) is 9.84 Å². The SMILES string of the molecule is COc1cccc(C(=O)CC2CCCC(C(=O)O)C2)c1. The molecule has 108 valence electrons. The van der Waals surface area contributed by atoms with Gasteiger partial charge in [-0.25, -0.2) is 0 Å². The number of rotatable bonds is 5. The first-order valence-electron chi connectivity index (χ1n) is 7.00. The van der Waals surface area contributed by atoms with Crippen LogP contribution in [-0.4, -0.2) is 24.0 Å². The minimum atomic E-state index is -0.733. The van der Waals surface area contributed by atoms with Crippen LogP contribution in [0.5, 0.6) is 5.75 Å². The van der Waals surface area contributed by atoms with Gasteiger partial charge in [-0.2, -0.15) is 0 Å². The third-order valence-corrected chi connectivity index (χ3v) is 4.00. The van der Waals surface area contributed by atoms with Crippen LogP contribution in [0.1, 0.15) is 42.5 Å². The first-order valence-corrected chi connectivity index (χ1v) is 7.00. The molecule has 1 aliphatic carbocycles. The zero-order chi connectivity index (χ0) is 14.5. The van der Waals surface area contributed by atoms with Gasteiger partial charge < -0.3 is 9.84 Å². The summed E-state index contributed by atoms with van der Waals surface area (Å²) >= 11 is 0. The number of carboxylic acids is 1. The molecule has 0 bridgehead atoms. The molecule has 1 aliphatic rings. The average molecular weight is 276 g/mol. The van der Waals surface area contributed by atoms with Gasteiger partial charge in [-0.3, -0.25) is 9.59 Å². The molecule has 0 heterocycles. The van der Waals surface area contributed by atoms with Crippen molar-refractivity contribution in [2.75, 3.05) is 7.11 Å². The maximum absolute atomic E-state index is 12.3. The molecule has 0 spiro atoms. The number of hydrogen-bond acceptors (Lipinski definition) is 3. The fourth-order valence-electron chi connectivity index (χ4n) is 2.88. The quantitative estimate of drug-likeness (QED) is 0.839. The Morgan fingerprint density at radius 2 is 2.15 bits per heavy atom. The zero-order valence-corrected chi connectivity index (χ0v) is 11.7. The van der Waals surface area contributed by atoms with Gasteiger partial charge in [0.2, 0.25) is 0 Å². The molecule has 0 aliphatic heterocycles. The summed E-state index contributed by atoms with van der Waals surface area (Å²) in [4.78, 5) is 23.3. The van der Waals surface area contributed by atoms with Gasteiger partial charge >= 0.3 is 5.97 Å². The van der Waals surface area contributed by atoms with Gasteiger partial charge in [0.15, 0.2) is 5.78 Å². The Kier molecular flexibility index (Phi) is 4.77. The van der Waals surface area contributed by atoms with Crippen molar-refractivity contribution in [2.24, 2.45) is 11.8 Å². The smallest absolute Gasteiger partial charge is 0.306 e. The molecule has 2 rings (SSSR count). The molecule has 0 saturated heterocycles. The van der Waals surface area contributed by atoms with Gasteiger partial charge in [0.25, 0.3) is 0 Å². The van der Waals surface area contributed by atoms with Crippen LogP contribution in [0, 0.1) is 11.8 Å². The van der Waals surface area contributed by atoms with E-state index in [9.17, 15) is 9.59 Å². The second kappa shape index (κ2) is 6.55. The zero-order valence-electron chi connectivity index (χ0n) is 11.7. The maximum atomic E-state index is 12.3. The van der Waals surface area contributed by atoms with Crippen molar-refractivity contribution in [3.8, 4) is 5.75 Å². The summed E-state index contributed by atoms with van der Waals surface area (Å²) in [5.74, 6) is -0.0956. The van der Waals surface area contributed by atoms with E-state index in [1.54, 1.807) is 31.4 Å². The highest BCUT2D eigenvalue weighted by molar-refractivity contribution is 5.96. The highest BCUT2D eigenvalue weighted by Crippen LogP contribution is 2.32. The van der Waals surface area contributed by atoms with E-state index in [-0.39, 0.29) is 17.6 Å². The lowest BCUT2D eigenvalue weighted by Crippen LogP contribution is -2.24. The van der Waals surface area contributed by atoms with Gasteiger partial charge in [0.1, 0.15) is 5.75 Å². The predicted molar refractivity (Wildman–Crippen MR) is 75.0 cm³/mol. The lowest BCUT2D eigenvalue weighted by Gasteiger charge is -2.26. The number of carbonyl (C=O) groups excluding carboxylic acids is 1. The van der Waals surface area contributed by atoms with Crippen molar-refractivity contribution in [1.29, 1.82) is 0 Å². The third kappa shape index (κ3) is 3.59. The summed E-state index contributed by atoms with van der Waals surface area (Å²) in [6.45, 7) is 0. The van der Waals surface area contributed by atoms with Gasteiger partial charge in [0.05, 0.1) is 13.0 Å². The summed E-state index contributed by atoms with van der Waals surface area (Å²) in [7, 11) is 1.57. The van der Waals surface area contributed by atoms with Crippen molar-refractivity contribution < 1.29 is 19.4 Å². The van der Waals surface area contributed by atoms with Crippen LogP contribution < -0.4 is 4.74 Å². The summed E-state index contributed by atoms with van der Waals surface area (Å²) < 4.78 is 5.11. The lowest BCUT2D eigenvalue weighted by atomic mass is 9.78. The molecule has 4 heteroatoms. The number of carbonyl (C=O) groups is 2.